The molecule has 2 saturated carbocycles. The number of aromatic nitrogens is 2. The van der Waals surface area contributed by atoms with Gasteiger partial charge in [-0.25, -0.2) is 4.98 Å². The van der Waals surface area contributed by atoms with Gasteiger partial charge in [-0.1, -0.05) is 6.58 Å². The van der Waals surface area contributed by atoms with Crippen molar-refractivity contribution < 1.29 is 9.53 Å². The molecule has 1 unspecified atom stereocenters. The fourth-order valence-electron chi connectivity index (χ4n) is 5.18. The minimum atomic E-state index is 0.187. The summed E-state index contributed by atoms with van der Waals surface area (Å²) in [5.41, 5.74) is 4.51. The molecule has 35 heavy (non-hydrogen) atoms. The summed E-state index contributed by atoms with van der Waals surface area (Å²) in [5.74, 6) is 1.97. The first-order chi connectivity index (χ1) is 17.1. The molecule has 3 fully saturated rings. The molecular weight excluding hydrogens is 438 g/mol. The van der Waals surface area contributed by atoms with E-state index in [1.807, 2.05) is 18.2 Å². The highest BCUT2D eigenvalue weighted by molar-refractivity contribution is 5.77. The fourth-order valence-corrected chi connectivity index (χ4v) is 5.18. The number of nitrogens with zero attached hydrogens (tertiary/aromatic N) is 5. The van der Waals surface area contributed by atoms with Gasteiger partial charge in [-0.2, -0.15) is 5.26 Å². The lowest BCUT2D eigenvalue weighted by Crippen LogP contribution is -2.56. The van der Waals surface area contributed by atoms with Crippen molar-refractivity contribution in [1.82, 2.24) is 14.9 Å². The Hall–Kier alpha value is -3.24. The highest BCUT2D eigenvalue weighted by Gasteiger charge is 2.41. The lowest BCUT2D eigenvalue weighted by atomic mass is 9.98. The summed E-state index contributed by atoms with van der Waals surface area (Å²) < 4.78 is 5.13. The van der Waals surface area contributed by atoms with E-state index in [1.54, 1.807) is 19.4 Å². The Balaban J connectivity index is 1.44. The summed E-state index contributed by atoms with van der Waals surface area (Å²) in [6.45, 7) is 6.55. The van der Waals surface area contributed by atoms with Crippen LogP contribution in [-0.2, 0) is 9.53 Å². The van der Waals surface area contributed by atoms with Crippen LogP contribution < -0.4 is 4.90 Å². The van der Waals surface area contributed by atoms with E-state index < -0.39 is 0 Å². The molecule has 1 saturated heterocycles. The summed E-state index contributed by atoms with van der Waals surface area (Å²) in [5, 5.41) is 10.1. The topological polar surface area (TPSA) is 82.4 Å². The molecule has 0 bridgehead atoms. The van der Waals surface area contributed by atoms with Crippen molar-refractivity contribution in [3.63, 3.8) is 0 Å². The molecule has 2 aromatic heterocycles. The molecule has 0 spiro atoms. The van der Waals surface area contributed by atoms with Gasteiger partial charge in [0.05, 0.1) is 23.0 Å². The maximum absolute atomic E-state index is 13.0. The van der Waals surface area contributed by atoms with Gasteiger partial charge in [-0.3, -0.25) is 9.78 Å². The van der Waals surface area contributed by atoms with Crippen LogP contribution in [0.4, 0.5) is 5.82 Å². The highest BCUT2D eigenvalue weighted by atomic mass is 16.5. The minimum Gasteiger partial charge on any atom is -0.385 e. The van der Waals surface area contributed by atoms with E-state index in [0.717, 1.165) is 54.1 Å². The van der Waals surface area contributed by atoms with Gasteiger partial charge in [0.25, 0.3) is 0 Å². The number of rotatable bonds is 9. The Labute approximate surface area is 207 Å². The molecule has 7 heteroatoms. The van der Waals surface area contributed by atoms with E-state index >= 15 is 0 Å². The Kier molecular flexibility index (Phi) is 6.83. The number of methoxy groups -OCH3 is 1. The Morgan fingerprint density at radius 1 is 1.29 bits per heavy atom. The summed E-state index contributed by atoms with van der Waals surface area (Å²) in [4.78, 5) is 26.8. The van der Waals surface area contributed by atoms with E-state index in [9.17, 15) is 10.1 Å². The van der Waals surface area contributed by atoms with Crippen molar-refractivity contribution in [2.75, 3.05) is 38.3 Å². The van der Waals surface area contributed by atoms with E-state index in [-0.39, 0.29) is 11.9 Å². The van der Waals surface area contributed by atoms with Crippen LogP contribution in [0.3, 0.4) is 0 Å². The summed E-state index contributed by atoms with van der Waals surface area (Å²) in [6.07, 6.45) is 9.38. The van der Waals surface area contributed by atoms with Crippen LogP contribution in [-0.4, -0.2) is 60.2 Å². The largest absolute Gasteiger partial charge is 0.385 e. The third-order valence-corrected chi connectivity index (χ3v) is 7.36. The van der Waals surface area contributed by atoms with Crippen LogP contribution in [0.25, 0.3) is 17.2 Å². The van der Waals surface area contributed by atoms with Crippen molar-refractivity contribution in [3.05, 3.63) is 47.9 Å². The van der Waals surface area contributed by atoms with Gasteiger partial charge in [0.1, 0.15) is 11.9 Å². The number of carbonyl (C=O) groups is 1. The van der Waals surface area contributed by atoms with Crippen LogP contribution in [0.1, 0.15) is 61.4 Å². The molecule has 3 heterocycles. The number of amides is 1. The normalized spacial score (nSPS) is 19.9. The molecule has 1 aliphatic heterocycles. The zero-order valence-electron chi connectivity index (χ0n) is 20.4. The number of anilines is 1. The molecule has 2 aromatic rings. The number of pyridine rings is 2. The fraction of sp³-hybridized carbons (Fsp3) is 0.500. The molecule has 1 amide bonds. The molecule has 2 aliphatic carbocycles. The standard InChI is InChI=1S/C28H33N5O2/c1-3-23-15-21(10-11-30-23)24-16-22(17-29)28(31-27(24)20-8-9-20)32-12-13-33(25(18-32)19-6-7-19)26(34)5-4-14-35-2/h3,10-11,15-16,19-20,25H,1,4-9,12-14,18H2,2H3. The van der Waals surface area contributed by atoms with Gasteiger partial charge in [-0.15, -0.1) is 0 Å². The van der Waals surface area contributed by atoms with E-state index in [4.69, 9.17) is 9.72 Å². The number of ether oxygens (including phenoxy) is 1. The highest BCUT2D eigenvalue weighted by Crippen LogP contribution is 2.45. The van der Waals surface area contributed by atoms with Crippen molar-refractivity contribution in [2.45, 2.75) is 50.5 Å². The smallest absolute Gasteiger partial charge is 0.223 e. The zero-order valence-corrected chi connectivity index (χ0v) is 20.4. The average Bonchev–Trinajstić information content (AvgIpc) is 3.81. The zero-order chi connectivity index (χ0) is 24.4. The molecule has 182 valence electrons. The average molecular weight is 472 g/mol. The minimum absolute atomic E-state index is 0.187. The van der Waals surface area contributed by atoms with Gasteiger partial charge in [0.15, 0.2) is 0 Å². The number of hydrogen-bond donors (Lipinski definition) is 0. The molecule has 3 aliphatic rings. The number of nitriles is 1. The summed E-state index contributed by atoms with van der Waals surface area (Å²) >= 11 is 0. The Morgan fingerprint density at radius 3 is 2.80 bits per heavy atom. The lowest BCUT2D eigenvalue weighted by Gasteiger charge is -2.42. The molecule has 5 rings (SSSR count). The molecule has 7 nitrogen and oxygen atoms in total. The van der Waals surface area contributed by atoms with Crippen LogP contribution in [0.15, 0.2) is 31.0 Å². The molecule has 0 N–H and O–H groups in total. The van der Waals surface area contributed by atoms with Crippen LogP contribution in [0.2, 0.25) is 0 Å². The predicted octanol–water partition coefficient (Wildman–Crippen LogP) is 4.39. The van der Waals surface area contributed by atoms with Gasteiger partial charge < -0.3 is 14.5 Å². The third-order valence-electron chi connectivity index (χ3n) is 7.36. The summed E-state index contributed by atoms with van der Waals surface area (Å²) in [6, 6.07) is 8.59. The van der Waals surface area contributed by atoms with Gasteiger partial charge >= 0.3 is 0 Å². The Morgan fingerprint density at radius 2 is 2.11 bits per heavy atom. The maximum atomic E-state index is 13.0. The van der Waals surface area contributed by atoms with Crippen molar-refractivity contribution in [3.8, 4) is 17.2 Å². The predicted molar refractivity (Wildman–Crippen MR) is 136 cm³/mol. The quantitative estimate of drug-likeness (QED) is 0.505. The Bertz CT molecular complexity index is 1150. The van der Waals surface area contributed by atoms with E-state index in [0.29, 0.717) is 43.5 Å². The number of carbonyl (C=O) groups excluding carboxylic acids is 1. The lowest BCUT2D eigenvalue weighted by molar-refractivity contribution is -0.134. The van der Waals surface area contributed by atoms with Crippen LogP contribution in [0, 0.1) is 17.2 Å². The van der Waals surface area contributed by atoms with E-state index in [1.165, 1.54) is 12.8 Å². The number of hydrogen-bond acceptors (Lipinski definition) is 6. The van der Waals surface area contributed by atoms with Gasteiger partial charge in [0, 0.05) is 57.4 Å². The molecule has 0 radical (unpaired) electrons. The second-order valence-electron chi connectivity index (χ2n) is 9.89. The second-order valence-corrected chi connectivity index (χ2v) is 9.89. The van der Waals surface area contributed by atoms with Crippen molar-refractivity contribution in [1.29, 1.82) is 5.26 Å². The molecule has 1 atom stereocenters. The third kappa shape index (κ3) is 5.08. The molecule has 0 aromatic carbocycles. The van der Waals surface area contributed by atoms with Gasteiger partial charge in [-0.05, 0) is 67.9 Å². The molecular formula is C28H33N5O2. The number of piperazine rings is 1. The SMILES string of the molecule is C=Cc1cc(-c2cc(C#N)c(N3CCN(C(=O)CCCOC)C(C4CC4)C3)nc2C2CC2)ccn1. The first-order valence-corrected chi connectivity index (χ1v) is 12.7. The van der Waals surface area contributed by atoms with Gasteiger partial charge in [0.2, 0.25) is 5.91 Å². The monoisotopic (exact) mass is 471 g/mol. The van der Waals surface area contributed by atoms with Crippen molar-refractivity contribution in [2.24, 2.45) is 5.92 Å². The van der Waals surface area contributed by atoms with Crippen molar-refractivity contribution >= 4 is 17.8 Å². The first kappa shape index (κ1) is 23.5. The van der Waals surface area contributed by atoms with Crippen LogP contribution in [0.5, 0.6) is 0 Å². The van der Waals surface area contributed by atoms with Crippen LogP contribution >= 0.6 is 0 Å². The summed E-state index contributed by atoms with van der Waals surface area (Å²) in [7, 11) is 1.67. The maximum Gasteiger partial charge on any atom is 0.223 e. The van der Waals surface area contributed by atoms with E-state index in [2.05, 4.69) is 27.4 Å². The first-order valence-electron chi connectivity index (χ1n) is 12.7. The second kappa shape index (κ2) is 10.2.